The summed E-state index contributed by atoms with van der Waals surface area (Å²) in [6.45, 7) is 2.89. The minimum atomic E-state index is -4.02. The second-order valence-electron chi connectivity index (χ2n) is 7.13. The van der Waals surface area contributed by atoms with Crippen molar-refractivity contribution in [3.63, 3.8) is 0 Å². The zero-order chi connectivity index (χ0) is 22.6. The number of sulfonamides is 1. The van der Waals surface area contributed by atoms with Crippen molar-refractivity contribution in [3.05, 3.63) is 53.8 Å². The summed E-state index contributed by atoms with van der Waals surface area (Å²) in [5, 5.41) is 9.69. The molecule has 0 unspecified atom stereocenters. The van der Waals surface area contributed by atoms with Crippen molar-refractivity contribution in [2.24, 2.45) is 5.92 Å². The minimum Gasteiger partial charge on any atom is -0.478 e. The lowest BCUT2D eigenvalue weighted by atomic mass is 9.97. The second-order valence-corrected chi connectivity index (χ2v) is 8.82. The number of carbonyl (C=O) groups excluding carboxylic acids is 1. The summed E-state index contributed by atoms with van der Waals surface area (Å²) in [5.41, 5.74) is 0.361. The number of nitrogens with zero attached hydrogens (tertiary/aromatic N) is 1. The van der Waals surface area contributed by atoms with Crippen LogP contribution in [0.2, 0.25) is 0 Å². The van der Waals surface area contributed by atoms with E-state index < -0.39 is 21.8 Å². The van der Waals surface area contributed by atoms with Gasteiger partial charge in [-0.15, -0.1) is 0 Å². The Morgan fingerprint density at radius 2 is 1.94 bits per heavy atom. The van der Waals surface area contributed by atoms with Crippen molar-refractivity contribution in [1.29, 1.82) is 0 Å². The number of ether oxygens (including phenoxy) is 1. The first-order valence-corrected chi connectivity index (χ1v) is 11.3. The van der Waals surface area contributed by atoms with Crippen LogP contribution < -0.4 is 9.62 Å². The van der Waals surface area contributed by atoms with Gasteiger partial charge in [0.05, 0.1) is 28.7 Å². The lowest BCUT2D eigenvalue weighted by molar-refractivity contribution is -0.148. The van der Waals surface area contributed by atoms with Gasteiger partial charge < -0.3 is 14.7 Å². The average Bonchev–Trinajstić information content (AvgIpc) is 2.74. The third-order valence-corrected chi connectivity index (χ3v) is 6.38. The van der Waals surface area contributed by atoms with Crippen molar-refractivity contribution in [1.82, 2.24) is 0 Å². The van der Waals surface area contributed by atoms with E-state index in [1.54, 1.807) is 11.8 Å². The van der Waals surface area contributed by atoms with Crippen molar-refractivity contribution in [2.45, 2.75) is 24.7 Å². The standard InChI is InChI=1S/C21H23FN2O6S/c1-2-30-21(27)14-4-3-11-24(13-14)19-10-7-16(12-18(19)20(25)26)23-31(28,29)17-8-5-15(22)6-9-17/h5-10,12,14,23H,2-4,11,13H2,1H3,(H,25,26)/t14-/m0/s1. The topological polar surface area (TPSA) is 113 Å². The zero-order valence-electron chi connectivity index (χ0n) is 16.9. The maximum Gasteiger partial charge on any atom is 0.337 e. The summed E-state index contributed by atoms with van der Waals surface area (Å²) >= 11 is 0. The number of carbonyl (C=O) groups is 2. The number of benzene rings is 2. The summed E-state index contributed by atoms with van der Waals surface area (Å²) < 4.78 is 45.5. The average molecular weight is 450 g/mol. The van der Waals surface area contributed by atoms with Crippen molar-refractivity contribution < 1.29 is 32.2 Å². The number of rotatable bonds is 7. The van der Waals surface area contributed by atoms with E-state index >= 15 is 0 Å². The van der Waals surface area contributed by atoms with E-state index in [1.165, 1.54) is 18.2 Å². The maximum atomic E-state index is 13.1. The smallest absolute Gasteiger partial charge is 0.337 e. The van der Waals surface area contributed by atoms with Crippen LogP contribution in [0.1, 0.15) is 30.1 Å². The highest BCUT2D eigenvalue weighted by Crippen LogP contribution is 2.30. The molecule has 2 N–H and O–H groups in total. The molecule has 2 aromatic carbocycles. The fourth-order valence-electron chi connectivity index (χ4n) is 3.52. The Balaban J connectivity index is 1.85. The molecule has 1 aliphatic heterocycles. The molecule has 31 heavy (non-hydrogen) atoms. The van der Waals surface area contributed by atoms with E-state index in [-0.39, 0.29) is 34.6 Å². The number of piperidine rings is 1. The van der Waals surface area contributed by atoms with E-state index in [1.807, 2.05) is 0 Å². The first-order chi connectivity index (χ1) is 14.7. The van der Waals surface area contributed by atoms with Crippen LogP contribution in [0, 0.1) is 11.7 Å². The molecule has 1 aliphatic rings. The molecule has 2 aromatic rings. The van der Waals surface area contributed by atoms with Gasteiger partial charge in [0.2, 0.25) is 0 Å². The van der Waals surface area contributed by atoms with Crippen molar-refractivity contribution in [3.8, 4) is 0 Å². The van der Waals surface area contributed by atoms with Crippen LogP contribution in [-0.4, -0.2) is 45.2 Å². The highest BCUT2D eigenvalue weighted by Gasteiger charge is 2.29. The van der Waals surface area contributed by atoms with Crippen molar-refractivity contribution in [2.75, 3.05) is 29.3 Å². The van der Waals surface area contributed by atoms with Gasteiger partial charge in [0, 0.05) is 18.8 Å². The van der Waals surface area contributed by atoms with Crippen LogP contribution in [0.5, 0.6) is 0 Å². The second kappa shape index (κ2) is 9.34. The Morgan fingerprint density at radius 3 is 2.58 bits per heavy atom. The molecule has 1 fully saturated rings. The molecule has 0 amide bonds. The van der Waals surface area contributed by atoms with E-state index in [0.717, 1.165) is 24.3 Å². The van der Waals surface area contributed by atoms with E-state index in [4.69, 9.17) is 4.74 Å². The Labute approximate surface area is 179 Å². The first-order valence-electron chi connectivity index (χ1n) is 9.78. The molecule has 3 rings (SSSR count). The maximum absolute atomic E-state index is 13.1. The molecule has 0 aliphatic carbocycles. The highest BCUT2D eigenvalue weighted by molar-refractivity contribution is 7.92. The molecule has 0 spiro atoms. The quantitative estimate of drug-likeness (QED) is 0.623. The molecule has 8 nitrogen and oxygen atoms in total. The first kappa shape index (κ1) is 22.5. The van der Waals surface area contributed by atoms with Gasteiger partial charge in [-0.1, -0.05) is 0 Å². The van der Waals surface area contributed by atoms with Gasteiger partial charge >= 0.3 is 11.9 Å². The predicted molar refractivity (Wildman–Crippen MR) is 112 cm³/mol. The van der Waals surface area contributed by atoms with Crippen LogP contribution in [0.25, 0.3) is 0 Å². The van der Waals surface area contributed by atoms with Crippen LogP contribution in [-0.2, 0) is 19.6 Å². The fourth-order valence-corrected chi connectivity index (χ4v) is 4.57. The van der Waals surface area contributed by atoms with Crippen LogP contribution in [0.3, 0.4) is 0 Å². The van der Waals surface area contributed by atoms with Crippen LogP contribution >= 0.6 is 0 Å². The molecular weight excluding hydrogens is 427 g/mol. The molecule has 1 atom stereocenters. The van der Waals surface area contributed by atoms with Crippen LogP contribution in [0.15, 0.2) is 47.4 Å². The number of hydrogen-bond acceptors (Lipinski definition) is 6. The van der Waals surface area contributed by atoms with E-state index in [0.29, 0.717) is 31.6 Å². The lowest BCUT2D eigenvalue weighted by Gasteiger charge is -2.34. The number of hydrogen-bond donors (Lipinski definition) is 2. The Hall–Kier alpha value is -3.14. The number of halogens is 1. The summed E-state index contributed by atoms with van der Waals surface area (Å²) in [4.78, 5) is 25.6. The van der Waals surface area contributed by atoms with Gasteiger partial charge in [-0.3, -0.25) is 9.52 Å². The molecule has 10 heteroatoms. The molecule has 166 valence electrons. The van der Waals surface area contributed by atoms with Gasteiger partial charge in [-0.05, 0) is 62.2 Å². The number of esters is 1. The SMILES string of the molecule is CCOC(=O)[C@H]1CCCN(c2ccc(NS(=O)(=O)c3ccc(F)cc3)cc2C(=O)O)C1. The molecule has 0 radical (unpaired) electrons. The van der Waals surface area contributed by atoms with Gasteiger partial charge in [0.15, 0.2) is 0 Å². The molecule has 1 heterocycles. The van der Waals surface area contributed by atoms with E-state index in [9.17, 15) is 27.5 Å². The fraction of sp³-hybridized carbons (Fsp3) is 0.333. The van der Waals surface area contributed by atoms with Gasteiger partial charge in [-0.25, -0.2) is 17.6 Å². The summed E-state index contributed by atoms with van der Waals surface area (Å²) in [6, 6.07) is 8.48. The van der Waals surface area contributed by atoms with Gasteiger partial charge in [0.25, 0.3) is 10.0 Å². The highest BCUT2D eigenvalue weighted by atomic mass is 32.2. The Kier molecular flexibility index (Phi) is 6.79. The molecule has 0 saturated carbocycles. The number of nitrogens with one attached hydrogen (secondary N) is 1. The number of carboxylic acids is 1. The number of carboxylic acid groups (broad SMARTS) is 1. The third-order valence-electron chi connectivity index (χ3n) is 4.99. The summed E-state index contributed by atoms with van der Waals surface area (Å²) in [7, 11) is -4.02. The lowest BCUT2D eigenvalue weighted by Crippen LogP contribution is -2.40. The van der Waals surface area contributed by atoms with Gasteiger partial charge in [0.1, 0.15) is 5.82 Å². The van der Waals surface area contributed by atoms with Gasteiger partial charge in [-0.2, -0.15) is 0 Å². The number of aromatic carboxylic acids is 1. The monoisotopic (exact) mass is 450 g/mol. The summed E-state index contributed by atoms with van der Waals surface area (Å²) in [5.74, 6) is -2.46. The van der Waals surface area contributed by atoms with E-state index in [2.05, 4.69) is 4.72 Å². The molecular formula is C21H23FN2O6S. The van der Waals surface area contributed by atoms with Crippen LogP contribution in [0.4, 0.5) is 15.8 Å². The predicted octanol–water partition coefficient (Wildman–Crippen LogP) is 3.10. The molecule has 0 bridgehead atoms. The molecule has 1 saturated heterocycles. The Morgan fingerprint density at radius 1 is 1.23 bits per heavy atom. The summed E-state index contributed by atoms with van der Waals surface area (Å²) in [6.07, 6.45) is 1.36. The van der Waals surface area contributed by atoms with Crippen molar-refractivity contribution >= 4 is 33.3 Å². The molecule has 0 aromatic heterocycles. The minimum absolute atomic E-state index is 0.0597. The number of anilines is 2. The Bertz CT molecular complexity index is 1070. The normalized spacial score (nSPS) is 16.6. The third kappa shape index (κ3) is 5.32. The zero-order valence-corrected chi connectivity index (χ0v) is 17.7. The largest absolute Gasteiger partial charge is 0.478 e.